The summed E-state index contributed by atoms with van der Waals surface area (Å²) in [6.07, 6.45) is 1.36. The first-order valence-electron chi connectivity index (χ1n) is 8.14. The SMILES string of the molecule is O=C(NCCN1CCOCC1)c1cc(Nc2ccccc2Cl)ncn1. The van der Waals surface area contributed by atoms with E-state index >= 15 is 0 Å². The number of aromatic nitrogens is 2. The molecule has 0 radical (unpaired) electrons. The van der Waals surface area contributed by atoms with Crippen molar-refractivity contribution in [3.05, 3.63) is 47.4 Å². The average molecular weight is 362 g/mol. The predicted octanol–water partition coefficient (Wildman–Crippen LogP) is 1.94. The van der Waals surface area contributed by atoms with Crippen LogP contribution in [0, 0.1) is 0 Å². The van der Waals surface area contributed by atoms with Gasteiger partial charge in [0.05, 0.1) is 23.9 Å². The van der Waals surface area contributed by atoms with Crippen molar-refractivity contribution in [3.8, 4) is 0 Å². The fraction of sp³-hybridized carbons (Fsp3) is 0.353. The summed E-state index contributed by atoms with van der Waals surface area (Å²) in [4.78, 5) is 22.7. The lowest BCUT2D eigenvalue weighted by Crippen LogP contribution is -2.41. The van der Waals surface area contributed by atoms with Crippen LogP contribution in [0.2, 0.25) is 5.02 Å². The molecule has 0 saturated carbocycles. The molecule has 7 nitrogen and oxygen atoms in total. The highest BCUT2D eigenvalue weighted by atomic mass is 35.5. The van der Waals surface area contributed by atoms with Gasteiger partial charge in [-0.15, -0.1) is 0 Å². The van der Waals surface area contributed by atoms with Crippen molar-refractivity contribution in [2.24, 2.45) is 0 Å². The van der Waals surface area contributed by atoms with Gasteiger partial charge in [-0.1, -0.05) is 23.7 Å². The van der Waals surface area contributed by atoms with Gasteiger partial charge in [-0.3, -0.25) is 9.69 Å². The summed E-state index contributed by atoms with van der Waals surface area (Å²) in [6, 6.07) is 8.94. The fourth-order valence-corrected chi connectivity index (χ4v) is 2.68. The van der Waals surface area contributed by atoms with Gasteiger partial charge in [0.2, 0.25) is 0 Å². The number of nitrogens with one attached hydrogen (secondary N) is 2. The zero-order valence-corrected chi connectivity index (χ0v) is 14.5. The van der Waals surface area contributed by atoms with Crippen molar-refractivity contribution in [1.82, 2.24) is 20.2 Å². The number of halogens is 1. The summed E-state index contributed by atoms with van der Waals surface area (Å²) < 4.78 is 5.30. The van der Waals surface area contributed by atoms with Crippen LogP contribution in [-0.2, 0) is 4.74 Å². The molecule has 1 aliphatic heterocycles. The molecule has 132 valence electrons. The fourth-order valence-electron chi connectivity index (χ4n) is 2.49. The number of benzene rings is 1. The first-order valence-corrected chi connectivity index (χ1v) is 8.52. The van der Waals surface area contributed by atoms with E-state index in [2.05, 4.69) is 25.5 Å². The quantitative estimate of drug-likeness (QED) is 0.818. The molecule has 2 heterocycles. The van der Waals surface area contributed by atoms with Gasteiger partial charge in [0.1, 0.15) is 17.8 Å². The summed E-state index contributed by atoms with van der Waals surface area (Å²) in [6.45, 7) is 4.65. The number of rotatable bonds is 6. The minimum Gasteiger partial charge on any atom is -0.379 e. The number of carbonyl (C=O) groups excluding carboxylic acids is 1. The average Bonchev–Trinajstić information content (AvgIpc) is 2.65. The number of carbonyl (C=O) groups is 1. The van der Waals surface area contributed by atoms with Gasteiger partial charge in [-0.25, -0.2) is 9.97 Å². The first-order chi connectivity index (χ1) is 12.2. The van der Waals surface area contributed by atoms with Crippen molar-refractivity contribution in [2.75, 3.05) is 44.7 Å². The highest BCUT2D eigenvalue weighted by Gasteiger charge is 2.12. The third kappa shape index (κ3) is 5.12. The molecule has 0 unspecified atom stereocenters. The summed E-state index contributed by atoms with van der Waals surface area (Å²) in [7, 11) is 0. The molecule has 0 bridgehead atoms. The zero-order valence-electron chi connectivity index (χ0n) is 13.7. The largest absolute Gasteiger partial charge is 0.379 e. The van der Waals surface area contributed by atoms with E-state index in [-0.39, 0.29) is 5.91 Å². The van der Waals surface area contributed by atoms with Crippen LogP contribution < -0.4 is 10.6 Å². The molecule has 0 aliphatic carbocycles. The van der Waals surface area contributed by atoms with Crippen LogP contribution >= 0.6 is 11.6 Å². The second-order valence-corrected chi connectivity index (χ2v) is 6.01. The van der Waals surface area contributed by atoms with Crippen molar-refractivity contribution in [2.45, 2.75) is 0 Å². The normalized spacial score (nSPS) is 14.9. The van der Waals surface area contributed by atoms with E-state index in [1.54, 1.807) is 12.1 Å². The molecule has 0 spiro atoms. The molecule has 2 N–H and O–H groups in total. The Hall–Kier alpha value is -2.22. The predicted molar refractivity (Wildman–Crippen MR) is 96.4 cm³/mol. The third-order valence-electron chi connectivity index (χ3n) is 3.85. The Morgan fingerprint density at radius 3 is 2.84 bits per heavy atom. The first kappa shape index (κ1) is 17.6. The molecular weight excluding hydrogens is 342 g/mol. The van der Waals surface area contributed by atoms with Crippen LogP contribution in [0.15, 0.2) is 36.7 Å². The van der Waals surface area contributed by atoms with E-state index < -0.39 is 0 Å². The number of hydrogen-bond acceptors (Lipinski definition) is 6. The summed E-state index contributed by atoms with van der Waals surface area (Å²) >= 11 is 6.12. The zero-order chi connectivity index (χ0) is 17.5. The number of para-hydroxylation sites is 1. The molecule has 1 saturated heterocycles. The standard InChI is InChI=1S/C17H20ClN5O2/c18-13-3-1-2-4-14(13)22-16-11-15(20-12-21-16)17(24)19-5-6-23-7-9-25-10-8-23/h1-4,11-12H,5-10H2,(H,19,24)(H,20,21,22). The van der Waals surface area contributed by atoms with Crippen LogP contribution in [0.5, 0.6) is 0 Å². The van der Waals surface area contributed by atoms with Crippen LogP contribution in [-0.4, -0.2) is 60.2 Å². The molecule has 0 atom stereocenters. The van der Waals surface area contributed by atoms with Gasteiger partial charge in [0, 0.05) is 32.2 Å². The number of morpholine rings is 1. The lowest BCUT2D eigenvalue weighted by molar-refractivity contribution is 0.0383. The molecule has 3 rings (SSSR count). The molecule has 8 heteroatoms. The summed E-state index contributed by atoms with van der Waals surface area (Å²) in [5.41, 5.74) is 1.04. The number of nitrogens with zero attached hydrogens (tertiary/aromatic N) is 3. The number of amides is 1. The molecule has 2 aromatic rings. The molecule has 1 aromatic heterocycles. The topological polar surface area (TPSA) is 79.4 Å². The number of hydrogen-bond donors (Lipinski definition) is 2. The van der Waals surface area contributed by atoms with E-state index in [1.165, 1.54) is 6.33 Å². The molecule has 1 fully saturated rings. The monoisotopic (exact) mass is 361 g/mol. The Balaban J connectivity index is 1.55. The third-order valence-corrected chi connectivity index (χ3v) is 4.18. The lowest BCUT2D eigenvalue weighted by atomic mass is 10.3. The van der Waals surface area contributed by atoms with Crippen LogP contribution in [0.4, 0.5) is 11.5 Å². The number of anilines is 2. The van der Waals surface area contributed by atoms with Gasteiger partial charge >= 0.3 is 0 Å². The van der Waals surface area contributed by atoms with Crippen LogP contribution in [0.1, 0.15) is 10.5 Å². The summed E-state index contributed by atoms with van der Waals surface area (Å²) in [5.74, 6) is 0.291. The van der Waals surface area contributed by atoms with Gasteiger partial charge in [0.25, 0.3) is 5.91 Å². The van der Waals surface area contributed by atoms with Crippen molar-refractivity contribution >= 4 is 29.0 Å². The Kier molecular flexibility index (Phi) is 6.16. The van der Waals surface area contributed by atoms with Crippen molar-refractivity contribution in [3.63, 3.8) is 0 Å². The van der Waals surface area contributed by atoms with Crippen LogP contribution in [0.25, 0.3) is 0 Å². The van der Waals surface area contributed by atoms with Crippen molar-refractivity contribution in [1.29, 1.82) is 0 Å². The maximum Gasteiger partial charge on any atom is 0.270 e. The molecule has 1 amide bonds. The van der Waals surface area contributed by atoms with Gasteiger partial charge in [0.15, 0.2) is 0 Å². The summed E-state index contributed by atoms with van der Waals surface area (Å²) in [5, 5.41) is 6.55. The Morgan fingerprint density at radius 1 is 1.24 bits per heavy atom. The minimum absolute atomic E-state index is 0.224. The maximum atomic E-state index is 12.3. The lowest BCUT2D eigenvalue weighted by Gasteiger charge is -2.26. The number of ether oxygens (including phenoxy) is 1. The molecule has 1 aromatic carbocycles. The highest BCUT2D eigenvalue weighted by molar-refractivity contribution is 6.33. The van der Waals surface area contributed by atoms with Gasteiger partial charge in [-0.05, 0) is 12.1 Å². The highest BCUT2D eigenvalue weighted by Crippen LogP contribution is 2.23. The smallest absolute Gasteiger partial charge is 0.270 e. The van der Waals surface area contributed by atoms with E-state index in [1.807, 2.05) is 18.2 Å². The molecule has 25 heavy (non-hydrogen) atoms. The second-order valence-electron chi connectivity index (χ2n) is 5.60. The van der Waals surface area contributed by atoms with E-state index in [4.69, 9.17) is 16.3 Å². The maximum absolute atomic E-state index is 12.3. The van der Waals surface area contributed by atoms with E-state index in [9.17, 15) is 4.79 Å². The van der Waals surface area contributed by atoms with Gasteiger partial charge in [-0.2, -0.15) is 0 Å². The Morgan fingerprint density at radius 2 is 2.04 bits per heavy atom. The van der Waals surface area contributed by atoms with E-state index in [0.717, 1.165) is 38.5 Å². The van der Waals surface area contributed by atoms with Crippen molar-refractivity contribution < 1.29 is 9.53 Å². The van der Waals surface area contributed by atoms with E-state index in [0.29, 0.717) is 23.1 Å². The molecular formula is C17H20ClN5O2. The Bertz CT molecular complexity index is 722. The van der Waals surface area contributed by atoms with Gasteiger partial charge < -0.3 is 15.4 Å². The second kappa shape index (κ2) is 8.75. The van der Waals surface area contributed by atoms with Crippen LogP contribution in [0.3, 0.4) is 0 Å². The molecule has 1 aliphatic rings. The Labute approximate surface area is 151 Å². The minimum atomic E-state index is -0.224.